The van der Waals surface area contributed by atoms with Crippen LogP contribution in [0.5, 0.6) is 0 Å². The fourth-order valence-corrected chi connectivity index (χ4v) is 4.47. The fourth-order valence-electron chi connectivity index (χ4n) is 4.47. The van der Waals surface area contributed by atoms with Crippen LogP contribution in [0.25, 0.3) is 10.9 Å². The monoisotopic (exact) mass is 412 g/mol. The number of nitrogens with zero attached hydrogens (tertiary/aromatic N) is 2. The second kappa shape index (κ2) is 10.8. The summed E-state index contributed by atoms with van der Waals surface area (Å²) in [5.74, 6) is 1.05. The highest BCUT2D eigenvalue weighted by Crippen LogP contribution is 2.20. The molecule has 0 saturated carbocycles. The maximum absolute atomic E-state index is 6.12. The van der Waals surface area contributed by atoms with Gasteiger partial charge in [0.05, 0.1) is 18.8 Å². The van der Waals surface area contributed by atoms with Crippen molar-refractivity contribution in [3.63, 3.8) is 0 Å². The van der Waals surface area contributed by atoms with E-state index in [0.29, 0.717) is 12.2 Å². The zero-order valence-electron chi connectivity index (χ0n) is 18.2. The Kier molecular flexibility index (Phi) is 7.65. The number of ether oxygens (including phenoxy) is 2. The summed E-state index contributed by atoms with van der Waals surface area (Å²) in [4.78, 5) is 10.7. The van der Waals surface area contributed by atoms with Gasteiger partial charge in [0.1, 0.15) is 0 Å². The molecule has 1 aromatic carbocycles. The Balaban J connectivity index is 1.22. The predicted octanol–water partition coefficient (Wildman–Crippen LogP) is 3.73. The largest absolute Gasteiger partial charge is 0.376 e. The Morgan fingerprint density at radius 2 is 2.13 bits per heavy atom. The maximum Gasteiger partial charge on any atom is 0.193 e. The first kappa shape index (κ1) is 21.2. The molecule has 2 aliphatic rings. The number of nitrogens with one attached hydrogen (secondary N) is 2. The Morgan fingerprint density at radius 1 is 1.27 bits per heavy atom. The van der Waals surface area contributed by atoms with Crippen molar-refractivity contribution in [2.24, 2.45) is 4.99 Å². The number of hydrogen-bond acceptors (Lipinski definition) is 3. The van der Waals surface area contributed by atoms with Crippen LogP contribution < -0.4 is 5.32 Å². The molecule has 0 spiro atoms. The minimum absolute atomic E-state index is 0.319. The molecule has 6 nitrogen and oxygen atoms in total. The van der Waals surface area contributed by atoms with Gasteiger partial charge in [0.25, 0.3) is 0 Å². The van der Waals surface area contributed by atoms with Gasteiger partial charge in [-0.15, -0.1) is 0 Å². The number of aromatic nitrogens is 1. The molecular weight excluding hydrogens is 376 g/mol. The number of hydrogen-bond donors (Lipinski definition) is 2. The average Bonchev–Trinajstić information content (AvgIpc) is 3.45. The number of aliphatic imine (C=N–C) groups is 1. The van der Waals surface area contributed by atoms with E-state index in [9.17, 15) is 0 Å². The minimum Gasteiger partial charge on any atom is -0.376 e. The Bertz CT molecular complexity index is 804. The minimum atomic E-state index is 0.319. The van der Waals surface area contributed by atoms with Gasteiger partial charge in [-0.2, -0.15) is 0 Å². The van der Waals surface area contributed by atoms with Crippen molar-refractivity contribution in [3.05, 3.63) is 36.0 Å². The van der Waals surface area contributed by atoms with Crippen LogP contribution in [0.3, 0.4) is 0 Å². The summed E-state index contributed by atoms with van der Waals surface area (Å²) in [5.41, 5.74) is 2.60. The number of aromatic amines is 1. The van der Waals surface area contributed by atoms with Gasteiger partial charge >= 0.3 is 0 Å². The highest BCUT2D eigenvalue weighted by atomic mass is 16.5. The number of H-pyrrole nitrogens is 1. The molecule has 0 amide bonds. The van der Waals surface area contributed by atoms with E-state index in [1.807, 2.05) is 0 Å². The quantitative estimate of drug-likeness (QED) is 0.394. The van der Waals surface area contributed by atoms with E-state index in [2.05, 4.69) is 52.6 Å². The fraction of sp³-hybridized carbons (Fsp3) is 0.625. The number of para-hydroxylation sites is 1. The number of guanidine groups is 1. The van der Waals surface area contributed by atoms with Gasteiger partial charge in [-0.3, -0.25) is 4.99 Å². The SMILES string of the molecule is CCNC(=NCCCc1c[nH]c2ccccc12)N1CCC(OCC2CCCO2)CC1. The summed E-state index contributed by atoms with van der Waals surface area (Å²) in [6, 6.07) is 8.51. The standard InChI is InChI=1S/C24H36N4O2/c1-2-25-24(26-13-5-7-19-17-27-23-10-4-3-9-22(19)23)28-14-11-20(12-15-28)30-18-21-8-6-16-29-21/h3-4,9-10,17,20-21,27H,2,5-8,11-16,18H2,1H3,(H,25,26). The molecule has 3 heterocycles. The summed E-state index contributed by atoms with van der Waals surface area (Å²) < 4.78 is 11.8. The van der Waals surface area contributed by atoms with Crippen LogP contribution in [0, 0.1) is 0 Å². The lowest BCUT2D eigenvalue weighted by Gasteiger charge is -2.34. The zero-order chi connectivity index (χ0) is 20.6. The second-order valence-electron chi connectivity index (χ2n) is 8.35. The Hall–Kier alpha value is -2.05. The topological polar surface area (TPSA) is 61.9 Å². The molecule has 2 saturated heterocycles. The van der Waals surface area contributed by atoms with E-state index < -0.39 is 0 Å². The molecule has 0 radical (unpaired) electrons. The summed E-state index contributed by atoms with van der Waals surface area (Å²) in [6.45, 7) is 7.55. The molecule has 1 unspecified atom stereocenters. The van der Waals surface area contributed by atoms with Crippen LogP contribution in [0.15, 0.2) is 35.5 Å². The zero-order valence-corrected chi connectivity index (χ0v) is 18.2. The highest BCUT2D eigenvalue weighted by molar-refractivity contribution is 5.83. The van der Waals surface area contributed by atoms with Crippen molar-refractivity contribution in [1.82, 2.24) is 15.2 Å². The van der Waals surface area contributed by atoms with Gasteiger partial charge in [-0.25, -0.2) is 0 Å². The third-order valence-corrected chi connectivity index (χ3v) is 6.16. The van der Waals surface area contributed by atoms with Crippen LogP contribution in [0.4, 0.5) is 0 Å². The molecule has 2 N–H and O–H groups in total. The maximum atomic E-state index is 6.12. The lowest BCUT2D eigenvalue weighted by Crippen LogP contribution is -2.47. The van der Waals surface area contributed by atoms with E-state index in [1.54, 1.807) is 0 Å². The van der Waals surface area contributed by atoms with E-state index in [1.165, 1.54) is 22.9 Å². The van der Waals surface area contributed by atoms with E-state index in [-0.39, 0.29) is 0 Å². The van der Waals surface area contributed by atoms with Crippen molar-refractivity contribution in [2.75, 3.05) is 39.4 Å². The first-order valence-corrected chi connectivity index (χ1v) is 11.6. The van der Waals surface area contributed by atoms with Crippen molar-refractivity contribution < 1.29 is 9.47 Å². The smallest absolute Gasteiger partial charge is 0.193 e. The number of piperidine rings is 1. The van der Waals surface area contributed by atoms with Crippen molar-refractivity contribution >= 4 is 16.9 Å². The third kappa shape index (κ3) is 5.55. The molecule has 164 valence electrons. The van der Waals surface area contributed by atoms with Gasteiger partial charge in [-0.05, 0) is 57.1 Å². The number of rotatable bonds is 8. The van der Waals surface area contributed by atoms with Crippen LogP contribution >= 0.6 is 0 Å². The van der Waals surface area contributed by atoms with Crippen LogP contribution in [-0.2, 0) is 15.9 Å². The predicted molar refractivity (Wildman–Crippen MR) is 122 cm³/mol. The summed E-state index contributed by atoms with van der Waals surface area (Å²) in [7, 11) is 0. The molecule has 2 aromatic rings. The van der Waals surface area contributed by atoms with Crippen molar-refractivity contribution in [1.29, 1.82) is 0 Å². The number of fused-ring (bicyclic) bond motifs is 1. The van der Waals surface area contributed by atoms with Crippen LogP contribution in [-0.4, -0.2) is 67.4 Å². The molecule has 2 fully saturated rings. The van der Waals surface area contributed by atoms with Crippen molar-refractivity contribution in [3.8, 4) is 0 Å². The summed E-state index contributed by atoms with van der Waals surface area (Å²) >= 11 is 0. The van der Waals surface area contributed by atoms with Crippen LogP contribution in [0.1, 0.15) is 44.6 Å². The molecule has 1 aromatic heterocycles. The second-order valence-corrected chi connectivity index (χ2v) is 8.35. The molecule has 6 heteroatoms. The lowest BCUT2D eigenvalue weighted by atomic mass is 10.1. The van der Waals surface area contributed by atoms with Crippen molar-refractivity contribution in [2.45, 2.75) is 57.7 Å². The van der Waals surface area contributed by atoms with E-state index in [4.69, 9.17) is 14.5 Å². The Morgan fingerprint density at radius 3 is 2.93 bits per heavy atom. The highest BCUT2D eigenvalue weighted by Gasteiger charge is 2.24. The first-order chi connectivity index (χ1) is 14.8. The lowest BCUT2D eigenvalue weighted by molar-refractivity contribution is -0.0367. The molecule has 30 heavy (non-hydrogen) atoms. The molecule has 4 rings (SSSR count). The van der Waals surface area contributed by atoms with Gasteiger partial charge in [0, 0.05) is 49.9 Å². The van der Waals surface area contributed by atoms with E-state index in [0.717, 1.165) is 77.5 Å². The number of benzene rings is 1. The first-order valence-electron chi connectivity index (χ1n) is 11.6. The number of aryl methyl sites for hydroxylation is 1. The molecule has 0 aliphatic carbocycles. The van der Waals surface area contributed by atoms with Gasteiger partial charge in [0.2, 0.25) is 0 Å². The number of likely N-dealkylation sites (tertiary alicyclic amines) is 1. The third-order valence-electron chi connectivity index (χ3n) is 6.16. The molecule has 0 bridgehead atoms. The normalized spacial score (nSPS) is 20.9. The average molecular weight is 413 g/mol. The van der Waals surface area contributed by atoms with Crippen LogP contribution in [0.2, 0.25) is 0 Å². The summed E-state index contributed by atoms with van der Waals surface area (Å²) in [5, 5.41) is 4.81. The van der Waals surface area contributed by atoms with Gasteiger partial charge < -0.3 is 24.7 Å². The van der Waals surface area contributed by atoms with E-state index >= 15 is 0 Å². The molecular formula is C24H36N4O2. The van der Waals surface area contributed by atoms with Gasteiger partial charge in [-0.1, -0.05) is 18.2 Å². The van der Waals surface area contributed by atoms with Gasteiger partial charge in [0.15, 0.2) is 5.96 Å². The Labute approximate surface area is 180 Å². The summed E-state index contributed by atoms with van der Waals surface area (Å²) in [6.07, 6.45) is 9.36. The molecule has 2 aliphatic heterocycles. The molecule has 1 atom stereocenters.